The van der Waals surface area contributed by atoms with Gasteiger partial charge in [-0.3, -0.25) is 0 Å². The molecule has 1 unspecified atom stereocenters. The van der Waals surface area contributed by atoms with Crippen LogP contribution in [-0.4, -0.2) is 6.54 Å². The molecule has 1 atom stereocenters. The molecule has 2 aromatic rings. The van der Waals surface area contributed by atoms with Crippen molar-refractivity contribution in [2.45, 2.75) is 44.6 Å². The molecule has 1 saturated carbocycles. The van der Waals surface area contributed by atoms with Crippen LogP contribution < -0.4 is 5.32 Å². The molecule has 2 heteroatoms. The average Bonchev–Trinajstić information content (AvgIpc) is 2.48. The van der Waals surface area contributed by atoms with Crippen LogP contribution in [0.15, 0.2) is 48.5 Å². The summed E-state index contributed by atoms with van der Waals surface area (Å²) in [5, 5.41) is 4.58. The normalized spacial score (nSPS) is 17.8. The van der Waals surface area contributed by atoms with Crippen molar-refractivity contribution >= 4 is 11.6 Å². The molecule has 2 aromatic carbocycles. The van der Waals surface area contributed by atoms with Crippen molar-refractivity contribution < 1.29 is 0 Å². The van der Waals surface area contributed by atoms with Gasteiger partial charge < -0.3 is 5.32 Å². The lowest BCUT2D eigenvalue weighted by Crippen LogP contribution is -2.47. The third-order valence-corrected chi connectivity index (χ3v) is 5.38. The summed E-state index contributed by atoms with van der Waals surface area (Å²) < 4.78 is 0. The van der Waals surface area contributed by atoms with Crippen LogP contribution in [0, 0.1) is 6.92 Å². The fourth-order valence-corrected chi connectivity index (χ4v) is 3.93. The van der Waals surface area contributed by atoms with E-state index in [1.165, 1.54) is 36.0 Å². The van der Waals surface area contributed by atoms with Crippen LogP contribution in [0.2, 0.25) is 5.02 Å². The minimum absolute atomic E-state index is 0.201. The van der Waals surface area contributed by atoms with Gasteiger partial charge in [0.1, 0.15) is 0 Å². The Morgan fingerprint density at radius 2 is 1.77 bits per heavy atom. The van der Waals surface area contributed by atoms with E-state index in [9.17, 15) is 0 Å². The number of halogens is 1. The molecule has 0 spiro atoms. The number of hydrogen-bond acceptors (Lipinski definition) is 1. The first-order valence-corrected chi connectivity index (χ1v) is 8.60. The lowest BCUT2D eigenvalue weighted by atomic mass is 9.58. The van der Waals surface area contributed by atoms with Crippen molar-refractivity contribution in [1.29, 1.82) is 0 Å². The Balaban J connectivity index is 2.05. The second-order valence-electron chi connectivity index (χ2n) is 6.36. The molecule has 0 radical (unpaired) electrons. The Hall–Kier alpha value is -1.31. The van der Waals surface area contributed by atoms with Gasteiger partial charge in [-0.25, -0.2) is 0 Å². The highest BCUT2D eigenvalue weighted by Gasteiger charge is 2.46. The van der Waals surface area contributed by atoms with Crippen LogP contribution in [-0.2, 0) is 5.41 Å². The third-order valence-electron chi connectivity index (χ3n) is 5.13. The van der Waals surface area contributed by atoms with E-state index in [-0.39, 0.29) is 5.41 Å². The average molecular weight is 314 g/mol. The number of likely N-dealkylation sites (N-methyl/N-ethyl adjacent to an activating group) is 1. The van der Waals surface area contributed by atoms with Crippen molar-refractivity contribution in [3.05, 3.63) is 70.2 Å². The summed E-state index contributed by atoms with van der Waals surface area (Å²) in [6.07, 6.45) is 3.78. The molecule has 0 amide bonds. The predicted octanol–water partition coefficient (Wildman–Crippen LogP) is 5.42. The van der Waals surface area contributed by atoms with Crippen LogP contribution in [0.25, 0.3) is 0 Å². The van der Waals surface area contributed by atoms with Crippen LogP contribution >= 0.6 is 11.6 Å². The smallest absolute Gasteiger partial charge is 0.0420 e. The van der Waals surface area contributed by atoms with E-state index >= 15 is 0 Å². The molecule has 0 saturated heterocycles. The van der Waals surface area contributed by atoms with E-state index in [0.29, 0.717) is 6.04 Å². The zero-order valence-corrected chi connectivity index (χ0v) is 14.2. The minimum Gasteiger partial charge on any atom is -0.309 e. The van der Waals surface area contributed by atoms with Crippen molar-refractivity contribution in [2.75, 3.05) is 6.54 Å². The molecule has 22 heavy (non-hydrogen) atoms. The first-order chi connectivity index (χ1) is 10.7. The molecule has 1 aliphatic rings. The SMILES string of the molecule is CCNC(c1ccccc1C)C1(c2ccc(Cl)cc2)CCC1. The fourth-order valence-electron chi connectivity index (χ4n) is 3.80. The molecule has 3 rings (SSSR count). The molecule has 116 valence electrons. The van der Waals surface area contributed by atoms with Gasteiger partial charge in [0.2, 0.25) is 0 Å². The molecule has 1 aliphatic carbocycles. The van der Waals surface area contributed by atoms with E-state index in [1.54, 1.807) is 0 Å². The number of aryl methyl sites for hydroxylation is 1. The van der Waals surface area contributed by atoms with Gasteiger partial charge >= 0.3 is 0 Å². The lowest BCUT2D eigenvalue weighted by molar-refractivity contribution is 0.170. The summed E-state index contributed by atoms with van der Waals surface area (Å²) in [6, 6.07) is 17.6. The summed E-state index contributed by atoms with van der Waals surface area (Å²) in [6.45, 7) is 5.39. The van der Waals surface area contributed by atoms with Crippen LogP contribution in [0.3, 0.4) is 0 Å². The maximum atomic E-state index is 6.09. The monoisotopic (exact) mass is 313 g/mol. The van der Waals surface area contributed by atoms with E-state index in [0.717, 1.165) is 11.6 Å². The van der Waals surface area contributed by atoms with Gasteiger partial charge in [0, 0.05) is 16.5 Å². The Morgan fingerprint density at radius 3 is 2.32 bits per heavy atom. The van der Waals surface area contributed by atoms with Crippen molar-refractivity contribution in [3.63, 3.8) is 0 Å². The van der Waals surface area contributed by atoms with E-state index in [2.05, 4.69) is 55.6 Å². The van der Waals surface area contributed by atoms with Gasteiger partial charge in [-0.15, -0.1) is 0 Å². The van der Waals surface area contributed by atoms with Gasteiger partial charge in [0.05, 0.1) is 0 Å². The van der Waals surface area contributed by atoms with Crippen LogP contribution in [0.1, 0.15) is 48.9 Å². The van der Waals surface area contributed by atoms with Gasteiger partial charge in [-0.05, 0) is 55.1 Å². The van der Waals surface area contributed by atoms with Crippen molar-refractivity contribution in [1.82, 2.24) is 5.32 Å². The Bertz CT molecular complexity index is 628. The number of benzene rings is 2. The maximum Gasteiger partial charge on any atom is 0.0420 e. The summed E-state index contributed by atoms with van der Waals surface area (Å²) in [7, 11) is 0. The van der Waals surface area contributed by atoms with Crippen LogP contribution in [0.4, 0.5) is 0 Å². The standard InChI is InChI=1S/C20H24ClN/c1-3-22-19(18-8-5-4-7-15(18)2)20(13-6-14-20)16-9-11-17(21)12-10-16/h4-5,7-12,19,22H,3,6,13-14H2,1-2H3. The molecule has 1 nitrogen and oxygen atoms in total. The Kier molecular flexibility index (Phi) is 4.56. The highest BCUT2D eigenvalue weighted by molar-refractivity contribution is 6.30. The Labute approximate surface area is 138 Å². The molecular weight excluding hydrogens is 290 g/mol. The number of nitrogens with one attached hydrogen (secondary N) is 1. The quantitative estimate of drug-likeness (QED) is 0.777. The molecule has 0 bridgehead atoms. The van der Waals surface area contributed by atoms with Crippen molar-refractivity contribution in [2.24, 2.45) is 0 Å². The minimum atomic E-state index is 0.201. The topological polar surface area (TPSA) is 12.0 Å². The molecule has 1 fully saturated rings. The second kappa shape index (κ2) is 6.44. The first-order valence-electron chi connectivity index (χ1n) is 8.22. The zero-order chi connectivity index (χ0) is 15.6. The zero-order valence-electron chi connectivity index (χ0n) is 13.4. The third kappa shape index (κ3) is 2.68. The lowest BCUT2D eigenvalue weighted by Gasteiger charge is -2.49. The second-order valence-corrected chi connectivity index (χ2v) is 6.80. The fraction of sp³-hybridized carbons (Fsp3) is 0.400. The number of rotatable bonds is 5. The first kappa shape index (κ1) is 15.6. The molecular formula is C20H24ClN. The van der Waals surface area contributed by atoms with E-state index < -0.39 is 0 Å². The summed E-state index contributed by atoms with van der Waals surface area (Å²) in [4.78, 5) is 0. The molecule has 1 N–H and O–H groups in total. The molecule has 0 aromatic heterocycles. The summed E-state index contributed by atoms with van der Waals surface area (Å²) in [5.41, 5.74) is 4.41. The van der Waals surface area contributed by atoms with E-state index in [4.69, 9.17) is 11.6 Å². The van der Waals surface area contributed by atoms with Crippen molar-refractivity contribution in [3.8, 4) is 0 Å². The maximum absolute atomic E-state index is 6.09. The summed E-state index contributed by atoms with van der Waals surface area (Å²) >= 11 is 6.09. The highest BCUT2D eigenvalue weighted by atomic mass is 35.5. The molecule has 0 aliphatic heterocycles. The van der Waals surface area contributed by atoms with Gasteiger partial charge in [0.15, 0.2) is 0 Å². The predicted molar refractivity (Wildman–Crippen MR) is 94.6 cm³/mol. The van der Waals surface area contributed by atoms with Gasteiger partial charge in [-0.2, -0.15) is 0 Å². The van der Waals surface area contributed by atoms with Gasteiger partial charge in [0.25, 0.3) is 0 Å². The summed E-state index contributed by atoms with van der Waals surface area (Å²) in [5.74, 6) is 0. The number of hydrogen-bond donors (Lipinski definition) is 1. The van der Waals surface area contributed by atoms with Gasteiger partial charge in [-0.1, -0.05) is 61.3 Å². The Morgan fingerprint density at radius 1 is 1.09 bits per heavy atom. The largest absolute Gasteiger partial charge is 0.309 e. The molecule has 0 heterocycles. The van der Waals surface area contributed by atoms with E-state index in [1.807, 2.05) is 12.1 Å². The van der Waals surface area contributed by atoms with Crippen LogP contribution in [0.5, 0.6) is 0 Å². The highest BCUT2D eigenvalue weighted by Crippen LogP contribution is 2.52.